The fraction of sp³-hybridized carbons (Fsp3) is 0.250. The summed E-state index contributed by atoms with van der Waals surface area (Å²) in [5, 5.41) is 3.87. The van der Waals surface area contributed by atoms with Gasteiger partial charge in [0.05, 0.1) is 28.3 Å². The lowest BCUT2D eigenvalue weighted by atomic mass is 10.1. The standard InChI is InChI=1S/C20H19N3O3S/c1-12-21-17-10-15(5-8-18(17)27-12)23-11-13(9-19(23)24)20(25)22-14-3-6-16(26-2)7-4-14/h3-8,10,13H,9,11H2,1-2H3,(H,22,25). The van der Waals surface area contributed by atoms with Crippen LogP contribution in [0.3, 0.4) is 0 Å². The van der Waals surface area contributed by atoms with Crippen LogP contribution in [0.5, 0.6) is 5.75 Å². The molecule has 1 aliphatic rings. The normalized spacial score (nSPS) is 16.7. The number of methoxy groups -OCH3 is 1. The molecule has 0 radical (unpaired) electrons. The van der Waals surface area contributed by atoms with Gasteiger partial charge in [0.1, 0.15) is 5.75 Å². The molecule has 1 atom stereocenters. The Morgan fingerprint density at radius 2 is 2.04 bits per heavy atom. The van der Waals surface area contributed by atoms with Crippen LogP contribution in [0.2, 0.25) is 0 Å². The van der Waals surface area contributed by atoms with E-state index in [-0.39, 0.29) is 24.2 Å². The van der Waals surface area contributed by atoms with E-state index in [0.29, 0.717) is 12.2 Å². The maximum absolute atomic E-state index is 12.6. The Bertz CT molecular complexity index is 1010. The van der Waals surface area contributed by atoms with Crippen molar-refractivity contribution >= 4 is 44.7 Å². The minimum Gasteiger partial charge on any atom is -0.497 e. The Labute approximate surface area is 160 Å². The Hall–Kier alpha value is -2.93. The Morgan fingerprint density at radius 1 is 1.26 bits per heavy atom. The summed E-state index contributed by atoms with van der Waals surface area (Å²) >= 11 is 1.63. The number of amides is 2. The third-order valence-corrected chi connectivity index (χ3v) is 5.59. The highest BCUT2D eigenvalue weighted by molar-refractivity contribution is 7.18. The molecule has 1 N–H and O–H groups in total. The molecule has 3 aromatic rings. The lowest BCUT2D eigenvalue weighted by molar-refractivity contribution is -0.122. The molecule has 0 saturated carbocycles. The van der Waals surface area contributed by atoms with Crippen LogP contribution in [0.1, 0.15) is 11.4 Å². The number of fused-ring (bicyclic) bond motifs is 1. The van der Waals surface area contributed by atoms with E-state index in [1.807, 2.05) is 25.1 Å². The minimum absolute atomic E-state index is 0.0452. The van der Waals surface area contributed by atoms with E-state index in [0.717, 1.165) is 26.7 Å². The Kier molecular flexibility index (Phi) is 4.53. The summed E-state index contributed by atoms with van der Waals surface area (Å²) in [6, 6.07) is 12.9. The molecule has 0 spiro atoms. The third-order valence-electron chi connectivity index (χ3n) is 4.64. The van der Waals surface area contributed by atoms with Gasteiger partial charge in [-0.05, 0) is 49.4 Å². The lowest BCUT2D eigenvalue weighted by Crippen LogP contribution is -2.28. The molecule has 27 heavy (non-hydrogen) atoms. The number of nitrogens with one attached hydrogen (secondary N) is 1. The number of hydrogen-bond donors (Lipinski definition) is 1. The first-order valence-electron chi connectivity index (χ1n) is 8.66. The highest BCUT2D eigenvalue weighted by atomic mass is 32.1. The quantitative estimate of drug-likeness (QED) is 0.749. The van der Waals surface area contributed by atoms with Crippen LogP contribution in [0.25, 0.3) is 10.2 Å². The van der Waals surface area contributed by atoms with Crippen LogP contribution in [0.4, 0.5) is 11.4 Å². The summed E-state index contributed by atoms with van der Waals surface area (Å²) in [4.78, 5) is 31.2. The van der Waals surface area contributed by atoms with E-state index in [9.17, 15) is 9.59 Å². The van der Waals surface area contributed by atoms with Crippen molar-refractivity contribution in [3.63, 3.8) is 0 Å². The number of rotatable bonds is 4. The first kappa shape index (κ1) is 17.5. The summed E-state index contributed by atoms with van der Waals surface area (Å²) in [5.74, 6) is 0.146. The maximum Gasteiger partial charge on any atom is 0.229 e. The monoisotopic (exact) mass is 381 g/mol. The average molecular weight is 381 g/mol. The molecule has 1 aromatic heterocycles. The predicted molar refractivity (Wildman–Crippen MR) is 106 cm³/mol. The second kappa shape index (κ2) is 7.00. The summed E-state index contributed by atoms with van der Waals surface area (Å²) in [7, 11) is 1.59. The van der Waals surface area contributed by atoms with Crippen LogP contribution in [-0.2, 0) is 9.59 Å². The van der Waals surface area contributed by atoms with Crippen molar-refractivity contribution in [1.82, 2.24) is 4.98 Å². The number of aryl methyl sites for hydroxylation is 1. The zero-order chi connectivity index (χ0) is 19.0. The van der Waals surface area contributed by atoms with Gasteiger partial charge in [0.25, 0.3) is 0 Å². The van der Waals surface area contributed by atoms with E-state index in [4.69, 9.17) is 4.74 Å². The van der Waals surface area contributed by atoms with Crippen molar-refractivity contribution in [3.05, 3.63) is 47.5 Å². The van der Waals surface area contributed by atoms with Gasteiger partial charge < -0.3 is 15.0 Å². The minimum atomic E-state index is -0.382. The fourth-order valence-electron chi connectivity index (χ4n) is 3.25. The molecule has 1 saturated heterocycles. The third kappa shape index (κ3) is 3.50. The van der Waals surface area contributed by atoms with Crippen LogP contribution in [0.15, 0.2) is 42.5 Å². The van der Waals surface area contributed by atoms with Crippen LogP contribution < -0.4 is 15.0 Å². The smallest absolute Gasteiger partial charge is 0.229 e. The maximum atomic E-state index is 12.6. The summed E-state index contributed by atoms with van der Waals surface area (Å²) < 4.78 is 6.21. The molecule has 7 heteroatoms. The molecular formula is C20H19N3O3S. The van der Waals surface area contributed by atoms with E-state index in [1.54, 1.807) is 47.6 Å². The largest absolute Gasteiger partial charge is 0.497 e. The number of hydrogen-bond acceptors (Lipinski definition) is 5. The van der Waals surface area contributed by atoms with Crippen molar-refractivity contribution in [3.8, 4) is 5.75 Å². The number of benzene rings is 2. The molecule has 138 valence electrons. The first-order chi connectivity index (χ1) is 13.0. The van der Waals surface area contributed by atoms with Gasteiger partial charge in [-0.1, -0.05) is 0 Å². The van der Waals surface area contributed by atoms with E-state index in [1.165, 1.54) is 0 Å². The Morgan fingerprint density at radius 3 is 2.78 bits per heavy atom. The Balaban J connectivity index is 1.47. The molecule has 1 aliphatic heterocycles. The molecular weight excluding hydrogens is 362 g/mol. The highest BCUT2D eigenvalue weighted by Gasteiger charge is 2.35. The van der Waals surface area contributed by atoms with Crippen molar-refractivity contribution in [1.29, 1.82) is 0 Å². The van der Waals surface area contributed by atoms with Gasteiger partial charge in [-0.3, -0.25) is 9.59 Å². The van der Waals surface area contributed by atoms with Crippen molar-refractivity contribution < 1.29 is 14.3 Å². The molecule has 6 nitrogen and oxygen atoms in total. The van der Waals surface area contributed by atoms with Gasteiger partial charge >= 0.3 is 0 Å². The van der Waals surface area contributed by atoms with Gasteiger partial charge in [0.15, 0.2) is 0 Å². The molecule has 2 aromatic carbocycles. The van der Waals surface area contributed by atoms with Crippen molar-refractivity contribution in [2.75, 3.05) is 23.9 Å². The second-order valence-electron chi connectivity index (χ2n) is 6.51. The summed E-state index contributed by atoms with van der Waals surface area (Å²) in [5.41, 5.74) is 2.36. The molecule has 2 amide bonds. The van der Waals surface area contributed by atoms with Crippen LogP contribution >= 0.6 is 11.3 Å². The zero-order valence-corrected chi connectivity index (χ0v) is 15.9. The summed E-state index contributed by atoms with van der Waals surface area (Å²) in [6.45, 7) is 2.33. The first-order valence-corrected chi connectivity index (χ1v) is 9.47. The highest BCUT2D eigenvalue weighted by Crippen LogP contribution is 2.30. The second-order valence-corrected chi connectivity index (χ2v) is 7.74. The number of anilines is 2. The molecule has 1 fully saturated rings. The predicted octanol–water partition coefficient (Wildman–Crippen LogP) is 3.60. The number of carbonyl (C=O) groups is 2. The number of thiazole rings is 1. The summed E-state index contributed by atoms with van der Waals surface area (Å²) in [6.07, 6.45) is 0.204. The van der Waals surface area contributed by atoms with E-state index >= 15 is 0 Å². The van der Waals surface area contributed by atoms with Crippen LogP contribution in [-0.4, -0.2) is 30.5 Å². The molecule has 0 bridgehead atoms. The number of ether oxygens (including phenoxy) is 1. The van der Waals surface area contributed by atoms with Gasteiger partial charge in [0, 0.05) is 24.3 Å². The van der Waals surface area contributed by atoms with E-state index < -0.39 is 0 Å². The molecule has 4 rings (SSSR count). The fourth-order valence-corrected chi connectivity index (χ4v) is 4.06. The van der Waals surface area contributed by atoms with Gasteiger partial charge in [0.2, 0.25) is 11.8 Å². The lowest BCUT2D eigenvalue weighted by Gasteiger charge is -2.16. The molecule has 0 aliphatic carbocycles. The van der Waals surface area contributed by atoms with Gasteiger partial charge in [-0.2, -0.15) is 0 Å². The molecule has 2 heterocycles. The zero-order valence-electron chi connectivity index (χ0n) is 15.1. The SMILES string of the molecule is COc1ccc(NC(=O)C2CC(=O)N(c3ccc4sc(C)nc4c3)C2)cc1. The van der Waals surface area contributed by atoms with Crippen molar-refractivity contribution in [2.45, 2.75) is 13.3 Å². The topological polar surface area (TPSA) is 71.5 Å². The van der Waals surface area contributed by atoms with Crippen molar-refractivity contribution in [2.24, 2.45) is 5.92 Å². The van der Waals surface area contributed by atoms with E-state index in [2.05, 4.69) is 10.3 Å². The van der Waals surface area contributed by atoms with Crippen LogP contribution in [0, 0.1) is 12.8 Å². The number of nitrogens with zero attached hydrogens (tertiary/aromatic N) is 2. The van der Waals surface area contributed by atoms with Gasteiger partial charge in [-0.15, -0.1) is 11.3 Å². The van der Waals surface area contributed by atoms with Gasteiger partial charge in [-0.25, -0.2) is 4.98 Å². The average Bonchev–Trinajstić information content (AvgIpc) is 3.23. The number of aromatic nitrogens is 1. The number of carbonyl (C=O) groups excluding carboxylic acids is 2. The molecule has 1 unspecified atom stereocenters.